The van der Waals surface area contributed by atoms with Crippen LogP contribution in [0.1, 0.15) is 94.9 Å². The lowest BCUT2D eigenvalue weighted by atomic mass is 9.72. The molecule has 14 heteroatoms. The number of aliphatic hydroxyl groups is 5. The molecular weight excluding hydrogens is 664 g/mol. The largest absolute Gasteiger partial charge is 0.459 e. The lowest BCUT2D eigenvalue weighted by molar-refractivity contribution is -0.318. The van der Waals surface area contributed by atoms with Crippen LogP contribution in [0.2, 0.25) is 0 Å². The average Bonchev–Trinajstić information content (AvgIpc) is 3.05. The molecule has 14 nitrogen and oxygen atoms in total. The van der Waals surface area contributed by atoms with Crippen LogP contribution in [0, 0.1) is 23.7 Å². The predicted octanol–water partition coefficient (Wildman–Crippen LogP) is 1.54. The SMILES string of the molecule is CC[C@H]1OC(=O)[C@H](C)[C@@H](O[C@H]2C[C@@](C)(OC)[C@@H](O)[C@H](C)O2)[C@@H](C)[C@@H](O[C@@H]2O[C@H](C)C[C@H](N(C)C)[C@H]2O)[C@](C)(O)C[C@@H](C)[C@H](N)[C@H](C)[C@H](O)[C@]1(C)O. The van der Waals surface area contributed by atoms with Crippen molar-refractivity contribution in [3.05, 3.63) is 0 Å². The number of nitrogens with zero attached hydrogens (tertiary/aromatic N) is 1. The van der Waals surface area contributed by atoms with Crippen LogP contribution in [0.15, 0.2) is 0 Å². The van der Waals surface area contributed by atoms with Crippen molar-refractivity contribution in [2.45, 2.75) is 185 Å². The summed E-state index contributed by atoms with van der Waals surface area (Å²) in [5.74, 6) is -3.57. The Labute approximate surface area is 305 Å². The number of carbonyl (C=O) groups excluding carboxylic acids is 1. The van der Waals surface area contributed by atoms with Crippen molar-refractivity contribution in [2.24, 2.45) is 29.4 Å². The molecule has 0 bridgehead atoms. The molecule has 3 rings (SSSR count). The third-order valence-electron chi connectivity index (χ3n) is 12.2. The summed E-state index contributed by atoms with van der Waals surface area (Å²) in [4.78, 5) is 16.0. The zero-order chi connectivity index (χ0) is 39.0. The van der Waals surface area contributed by atoms with E-state index in [1.807, 2.05) is 32.8 Å². The van der Waals surface area contributed by atoms with Crippen molar-refractivity contribution in [1.82, 2.24) is 4.90 Å². The van der Waals surface area contributed by atoms with E-state index in [0.717, 1.165) is 0 Å². The second-order valence-electron chi connectivity index (χ2n) is 16.8. The number of hydrogen-bond donors (Lipinski definition) is 6. The number of carbonyl (C=O) groups is 1. The third-order valence-corrected chi connectivity index (χ3v) is 12.2. The fourth-order valence-corrected chi connectivity index (χ4v) is 8.63. The Morgan fingerprint density at radius 2 is 1.53 bits per heavy atom. The minimum Gasteiger partial charge on any atom is -0.459 e. The molecule has 19 atom stereocenters. The Balaban J connectivity index is 2.18. The van der Waals surface area contributed by atoms with Gasteiger partial charge in [0.15, 0.2) is 12.6 Å². The van der Waals surface area contributed by atoms with E-state index in [-0.39, 0.29) is 31.4 Å². The smallest absolute Gasteiger partial charge is 0.311 e. The first-order valence-corrected chi connectivity index (χ1v) is 18.7. The van der Waals surface area contributed by atoms with Gasteiger partial charge in [-0.25, -0.2) is 0 Å². The van der Waals surface area contributed by atoms with Gasteiger partial charge in [0.05, 0.1) is 47.6 Å². The number of nitrogens with two attached hydrogens (primary N) is 1. The molecule has 7 N–H and O–H groups in total. The van der Waals surface area contributed by atoms with Gasteiger partial charge in [-0.15, -0.1) is 0 Å². The van der Waals surface area contributed by atoms with E-state index in [9.17, 15) is 30.3 Å². The van der Waals surface area contributed by atoms with Crippen LogP contribution in [-0.2, 0) is 33.2 Å². The van der Waals surface area contributed by atoms with Crippen molar-refractivity contribution in [1.29, 1.82) is 0 Å². The first kappa shape index (κ1) is 44.4. The lowest BCUT2D eigenvalue weighted by Crippen LogP contribution is -2.62. The van der Waals surface area contributed by atoms with Crippen molar-refractivity contribution in [3.8, 4) is 0 Å². The van der Waals surface area contributed by atoms with Gasteiger partial charge in [-0.3, -0.25) is 4.79 Å². The van der Waals surface area contributed by atoms with E-state index >= 15 is 0 Å². The average molecular weight is 735 g/mol. The van der Waals surface area contributed by atoms with Gasteiger partial charge in [0, 0.05) is 37.5 Å². The van der Waals surface area contributed by atoms with Gasteiger partial charge in [-0.1, -0.05) is 27.7 Å². The van der Waals surface area contributed by atoms with Crippen molar-refractivity contribution in [2.75, 3.05) is 21.2 Å². The molecule has 0 unspecified atom stereocenters. The summed E-state index contributed by atoms with van der Waals surface area (Å²) in [6, 6.07) is -0.983. The summed E-state index contributed by atoms with van der Waals surface area (Å²) in [5.41, 5.74) is 2.20. The third kappa shape index (κ3) is 9.63. The highest BCUT2D eigenvalue weighted by molar-refractivity contribution is 5.73. The van der Waals surface area contributed by atoms with E-state index in [1.165, 1.54) is 14.0 Å². The van der Waals surface area contributed by atoms with Crippen LogP contribution < -0.4 is 5.73 Å². The summed E-state index contributed by atoms with van der Waals surface area (Å²) >= 11 is 0. The summed E-state index contributed by atoms with van der Waals surface area (Å²) in [6.45, 7) is 17.2. The number of aliphatic hydroxyl groups excluding tert-OH is 3. The van der Waals surface area contributed by atoms with Crippen LogP contribution in [-0.4, -0.2) is 148 Å². The quantitative estimate of drug-likeness (QED) is 0.206. The molecule has 3 aliphatic heterocycles. The summed E-state index contributed by atoms with van der Waals surface area (Å²) in [7, 11) is 5.24. The van der Waals surface area contributed by atoms with E-state index < -0.39 is 108 Å². The van der Waals surface area contributed by atoms with Crippen LogP contribution in [0.5, 0.6) is 0 Å². The molecule has 51 heavy (non-hydrogen) atoms. The monoisotopic (exact) mass is 734 g/mol. The molecule has 0 spiro atoms. The topological polar surface area (TPSA) is 203 Å². The van der Waals surface area contributed by atoms with E-state index in [4.69, 9.17) is 34.2 Å². The van der Waals surface area contributed by atoms with Gasteiger partial charge in [0.25, 0.3) is 0 Å². The van der Waals surface area contributed by atoms with E-state index in [2.05, 4.69) is 0 Å². The second kappa shape index (κ2) is 17.2. The first-order chi connectivity index (χ1) is 23.4. The fourth-order valence-electron chi connectivity index (χ4n) is 8.63. The maximum Gasteiger partial charge on any atom is 0.311 e. The van der Waals surface area contributed by atoms with E-state index in [1.54, 1.807) is 48.5 Å². The maximum atomic E-state index is 14.1. The fraction of sp³-hybridized carbons (Fsp3) is 0.973. The summed E-state index contributed by atoms with van der Waals surface area (Å²) in [5, 5.41) is 58.0. The molecule has 0 amide bonds. The molecule has 3 saturated heterocycles. The lowest BCUT2D eigenvalue weighted by Gasteiger charge is -2.49. The van der Waals surface area contributed by atoms with Crippen molar-refractivity contribution >= 4 is 5.97 Å². The minimum absolute atomic E-state index is 0.0888. The highest BCUT2D eigenvalue weighted by atomic mass is 16.7. The molecule has 0 aromatic carbocycles. The van der Waals surface area contributed by atoms with Crippen LogP contribution >= 0.6 is 0 Å². The number of esters is 1. The number of cyclic esters (lactones) is 1. The maximum absolute atomic E-state index is 14.1. The predicted molar refractivity (Wildman–Crippen MR) is 189 cm³/mol. The highest BCUT2D eigenvalue weighted by Crippen LogP contribution is 2.41. The van der Waals surface area contributed by atoms with Gasteiger partial charge in [0.2, 0.25) is 0 Å². The Morgan fingerprint density at radius 3 is 2.08 bits per heavy atom. The molecule has 0 aromatic heterocycles. The Bertz CT molecular complexity index is 1130. The zero-order valence-corrected chi connectivity index (χ0v) is 33.2. The second-order valence-corrected chi connectivity index (χ2v) is 16.8. The number of hydrogen-bond acceptors (Lipinski definition) is 14. The zero-order valence-electron chi connectivity index (χ0n) is 33.2. The number of rotatable bonds is 7. The standard InChI is InChI=1S/C37H70N2O12/c1-14-25-37(10,45)30(41)20(4)27(38)18(2)16-35(8,44)32(51-34-28(40)24(39(11)12)15-19(3)47-34)21(5)29(22(6)33(43)49-25)50-26-17-36(9,46-13)31(42)23(7)48-26/h18-32,34,40-42,44-45H,14-17,38H2,1-13H3/t18-,19-,20+,21-,22-,23+,24+,25-,26+,27+,28-,29+,30+,31+,32-,34+,35-,36-,37-/m1/s1. The normalized spacial score (nSPS) is 51.2. The molecule has 3 fully saturated rings. The molecule has 3 aliphatic rings. The summed E-state index contributed by atoms with van der Waals surface area (Å²) < 4.78 is 37.3. The molecule has 0 aliphatic carbocycles. The molecule has 0 radical (unpaired) electrons. The Hall–Kier alpha value is -1.01. The molecule has 3 heterocycles. The molecule has 0 aromatic rings. The van der Waals surface area contributed by atoms with Gasteiger partial charge in [-0.05, 0) is 80.8 Å². The minimum atomic E-state index is -1.85. The highest BCUT2D eigenvalue weighted by Gasteiger charge is 2.53. The van der Waals surface area contributed by atoms with Gasteiger partial charge >= 0.3 is 5.97 Å². The number of methoxy groups -OCH3 is 1. The number of ether oxygens (including phenoxy) is 6. The Morgan fingerprint density at radius 1 is 0.922 bits per heavy atom. The molecule has 300 valence electrons. The first-order valence-electron chi connectivity index (χ1n) is 18.7. The molecule has 0 saturated carbocycles. The Kier molecular flexibility index (Phi) is 15.0. The number of likely N-dealkylation sites (N-methyl/N-ethyl adjacent to an activating group) is 1. The van der Waals surface area contributed by atoms with Gasteiger partial charge in [0.1, 0.15) is 23.9 Å². The van der Waals surface area contributed by atoms with E-state index in [0.29, 0.717) is 6.42 Å². The van der Waals surface area contributed by atoms with Crippen molar-refractivity contribution in [3.63, 3.8) is 0 Å². The van der Waals surface area contributed by atoms with Crippen LogP contribution in [0.4, 0.5) is 0 Å². The van der Waals surface area contributed by atoms with Crippen molar-refractivity contribution < 1.29 is 58.7 Å². The molecular formula is C37H70N2O12. The van der Waals surface area contributed by atoms with Gasteiger partial charge < -0.3 is 64.6 Å². The summed E-state index contributed by atoms with van der Waals surface area (Å²) in [6.07, 6.45) is -8.68. The van der Waals surface area contributed by atoms with Crippen LogP contribution in [0.3, 0.4) is 0 Å². The van der Waals surface area contributed by atoms with Crippen LogP contribution in [0.25, 0.3) is 0 Å². The van der Waals surface area contributed by atoms with Gasteiger partial charge in [-0.2, -0.15) is 0 Å².